The minimum absolute atomic E-state index is 0.262. The number of hydrogen-bond donors (Lipinski definition) is 1. The van der Waals surface area contributed by atoms with Crippen LogP contribution in [0.5, 0.6) is 0 Å². The molecule has 1 atom stereocenters. The third kappa shape index (κ3) is 9.88. The third-order valence-electron chi connectivity index (χ3n) is 1.40. The second kappa shape index (κ2) is 8.97. The van der Waals surface area contributed by atoms with Crippen molar-refractivity contribution in [3.8, 4) is 0 Å². The van der Waals surface area contributed by atoms with Crippen molar-refractivity contribution in [1.82, 2.24) is 0 Å². The van der Waals surface area contributed by atoms with E-state index in [4.69, 9.17) is 14.6 Å². The van der Waals surface area contributed by atoms with Gasteiger partial charge in [0.15, 0.2) is 0 Å². The van der Waals surface area contributed by atoms with Crippen LogP contribution in [0.4, 0.5) is 0 Å². The van der Waals surface area contributed by atoms with Crippen molar-refractivity contribution in [2.24, 2.45) is 0 Å². The standard InChI is InChI=1S/C9H20O3/c1-3-5-11-7-8-12-6-4-9(2)10/h9-10H,3-8H2,1-2H3. The normalized spacial score (nSPS) is 13.2. The van der Waals surface area contributed by atoms with Crippen molar-refractivity contribution in [2.75, 3.05) is 26.4 Å². The Bertz CT molecular complexity index is 83.8. The second-order valence-corrected chi connectivity index (χ2v) is 2.86. The fourth-order valence-corrected chi connectivity index (χ4v) is 0.720. The summed E-state index contributed by atoms with van der Waals surface area (Å²) in [5, 5.41) is 8.88. The van der Waals surface area contributed by atoms with E-state index >= 15 is 0 Å². The summed E-state index contributed by atoms with van der Waals surface area (Å²) in [6.07, 6.45) is 1.49. The lowest BCUT2D eigenvalue weighted by Crippen LogP contribution is -2.09. The van der Waals surface area contributed by atoms with Crippen LogP contribution in [0, 0.1) is 0 Å². The molecule has 3 nitrogen and oxygen atoms in total. The average molecular weight is 176 g/mol. The summed E-state index contributed by atoms with van der Waals surface area (Å²) in [5.41, 5.74) is 0. The van der Waals surface area contributed by atoms with E-state index in [1.807, 2.05) is 0 Å². The average Bonchev–Trinajstić information content (AvgIpc) is 2.02. The number of aliphatic hydroxyl groups excluding tert-OH is 1. The summed E-state index contributed by atoms with van der Waals surface area (Å²) in [6.45, 7) is 6.55. The molecule has 0 aromatic rings. The Hall–Kier alpha value is -0.120. The Morgan fingerprint density at radius 2 is 1.67 bits per heavy atom. The molecule has 0 aliphatic heterocycles. The molecule has 0 aromatic carbocycles. The quantitative estimate of drug-likeness (QED) is 0.565. The molecule has 74 valence electrons. The van der Waals surface area contributed by atoms with Crippen LogP contribution in [0.1, 0.15) is 26.7 Å². The molecule has 0 bridgehead atoms. The molecule has 1 N–H and O–H groups in total. The van der Waals surface area contributed by atoms with Crippen molar-refractivity contribution in [2.45, 2.75) is 32.8 Å². The van der Waals surface area contributed by atoms with Crippen molar-refractivity contribution in [3.05, 3.63) is 0 Å². The Morgan fingerprint density at radius 1 is 1.08 bits per heavy atom. The highest BCUT2D eigenvalue weighted by atomic mass is 16.5. The zero-order valence-corrected chi connectivity index (χ0v) is 8.08. The van der Waals surface area contributed by atoms with Crippen LogP contribution in [0.3, 0.4) is 0 Å². The van der Waals surface area contributed by atoms with Crippen LogP contribution in [0.25, 0.3) is 0 Å². The summed E-state index contributed by atoms with van der Waals surface area (Å²) in [5.74, 6) is 0. The van der Waals surface area contributed by atoms with Crippen LogP contribution in [-0.4, -0.2) is 37.6 Å². The molecular formula is C9H20O3. The highest BCUT2D eigenvalue weighted by Gasteiger charge is 1.94. The van der Waals surface area contributed by atoms with Crippen molar-refractivity contribution >= 4 is 0 Å². The van der Waals surface area contributed by atoms with Crippen LogP contribution in [0.2, 0.25) is 0 Å². The molecule has 12 heavy (non-hydrogen) atoms. The molecule has 0 amide bonds. The van der Waals surface area contributed by atoms with E-state index in [0.717, 1.165) is 13.0 Å². The van der Waals surface area contributed by atoms with Crippen LogP contribution < -0.4 is 0 Å². The third-order valence-corrected chi connectivity index (χ3v) is 1.40. The summed E-state index contributed by atoms with van der Waals surface area (Å²) in [7, 11) is 0. The predicted molar refractivity (Wildman–Crippen MR) is 48.2 cm³/mol. The minimum atomic E-state index is -0.262. The van der Waals surface area contributed by atoms with E-state index < -0.39 is 0 Å². The summed E-state index contributed by atoms with van der Waals surface area (Å²) < 4.78 is 10.4. The van der Waals surface area contributed by atoms with Gasteiger partial charge in [-0.25, -0.2) is 0 Å². The fraction of sp³-hybridized carbons (Fsp3) is 1.00. The van der Waals surface area contributed by atoms with Gasteiger partial charge in [0.05, 0.1) is 19.3 Å². The molecule has 0 radical (unpaired) electrons. The van der Waals surface area contributed by atoms with Gasteiger partial charge in [0.2, 0.25) is 0 Å². The molecular weight excluding hydrogens is 156 g/mol. The molecule has 0 fully saturated rings. The van der Waals surface area contributed by atoms with Gasteiger partial charge in [-0.15, -0.1) is 0 Å². The van der Waals surface area contributed by atoms with E-state index in [9.17, 15) is 0 Å². The lowest BCUT2D eigenvalue weighted by atomic mass is 10.3. The second-order valence-electron chi connectivity index (χ2n) is 2.86. The van der Waals surface area contributed by atoms with Gasteiger partial charge in [0.25, 0.3) is 0 Å². The first-order chi connectivity index (χ1) is 5.77. The predicted octanol–water partition coefficient (Wildman–Crippen LogP) is 1.20. The molecule has 0 aliphatic carbocycles. The van der Waals surface area contributed by atoms with Gasteiger partial charge in [-0.05, 0) is 19.8 Å². The lowest BCUT2D eigenvalue weighted by Gasteiger charge is -2.05. The Balaban J connectivity index is 2.82. The maximum absolute atomic E-state index is 8.88. The molecule has 0 aliphatic rings. The monoisotopic (exact) mass is 176 g/mol. The van der Waals surface area contributed by atoms with Gasteiger partial charge in [-0.2, -0.15) is 0 Å². The van der Waals surface area contributed by atoms with Gasteiger partial charge in [0.1, 0.15) is 0 Å². The number of hydrogen-bond acceptors (Lipinski definition) is 3. The number of ether oxygens (including phenoxy) is 2. The number of rotatable bonds is 8. The molecule has 0 aromatic heterocycles. The molecule has 1 unspecified atom stereocenters. The minimum Gasteiger partial charge on any atom is -0.393 e. The molecule has 0 heterocycles. The molecule has 0 rings (SSSR count). The highest BCUT2D eigenvalue weighted by Crippen LogP contribution is 1.90. The maximum atomic E-state index is 8.88. The topological polar surface area (TPSA) is 38.7 Å². The summed E-state index contributed by atoms with van der Waals surface area (Å²) in [4.78, 5) is 0. The lowest BCUT2D eigenvalue weighted by molar-refractivity contribution is 0.0349. The highest BCUT2D eigenvalue weighted by molar-refractivity contribution is 4.43. The van der Waals surface area contributed by atoms with Crippen molar-refractivity contribution in [3.63, 3.8) is 0 Å². The van der Waals surface area contributed by atoms with Crippen molar-refractivity contribution < 1.29 is 14.6 Å². The zero-order valence-electron chi connectivity index (χ0n) is 8.08. The Kier molecular flexibility index (Phi) is 8.88. The van der Waals surface area contributed by atoms with Gasteiger partial charge < -0.3 is 14.6 Å². The van der Waals surface area contributed by atoms with E-state index in [2.05, 4.69) is 6.92 Å². The van der Waals surface area contributed by atoms with Crippen LogP contribution in [0.15, 0.2) is 0 Å². The van der Waals surface area contributed by atoms with E-state index in [0.29, 0.717) is 26.2 Å². The van der Waals surface area contributed by atoms with Crippen molar-refractivity contribution in [1.29, 1.82) is 0 Å². The Labute approximate surface area is 74.7 Å². The summed E-state index contributed by atoms with van der Waals surface area (Å²) >= 11 is 0. The molecule has 0 saturated carbocycles. The van der Waals surface area contributed by atoms with E-state index in [-0.39, 0.29) is 6.10 Å². The van der Waals surface area contributed by atoms with E-state index in [1.165, 1.54) is 0 Å². The first-order valence-electron chi connectivity index (χ1n) is 4.61. The van der Waals surface area contributed by atoms with Gasteiger partial charge in [-0.3, -0.25) is 0 Å². The van der Waals surface area contributed by atoms with Gasteiger partial charge in [-0.1, -0.05) is 6.92 Å². The number of aliphatic hydroxyl groups is 1. The van der Waals surface area contributed by atoms with Gasteiger partial charge >= 0.3 is 0 Å². The smallest absolute Gasteiger partial charge is 0.0700 e. The van der Waals surface area contributed by atoms with Crippen LogP contribution in [-0.2, 0) is 9.47 Å². The SMILES string of the molecule is CCCOCCOCCC(C)O. The zero-order chi connectivity index (χ0) is 9.23. The van der Waals surface area contributed by atoms with E-state index in [1.54, 1.807) is 6.92 Å². The molecule has 0 saturated heterocycles. The molecule has 0 spiro atoms. The summed E-state index contributed by atoms with van der Waals surface area (Å²) in [6, 6.07) is 0. The largest absolute Gasteiger partial charge is 0.393 e. The maximum Gasteiger partial charge on any atom is 0.0700 e. The van der Waals surface area contributed by atoms with Gasteiger partial charge in [0, 0.05) is 13.2 Å². The Morgan fingerprint density at radius 3 is 2.17 bits per heavy atom. The first-order valence-corrected chi connectivity index (χ1v) is 4.61. The molecule has 3 heteroatoms. The first kappa shape index (κ1) is 11.9. The van der Waals surface area contributed by atoms with Crippen LogP contribution >= 0.6 is 0 Å². The fourth-order valence-electron chi connectivity index (χ4n) is 0.720.